The molecule has 0 aliphatic carbocycles. The fraction of sp³-hybridized carbons (Fsp3) is 0.562. The zero-order valence-electron chi connectivity index (χ0n) is 12.7. The van der Waals surface area contributed by atoms with Crippen LogP contribution < -0.4 is 15.1 Å². The van der Waals surface area contributed by atoms with Gasteiger partial charge in [0.2, 0.25) is 5.91 Å². The van der Waals surface area contributed by atoms with Crippen LogP contribution in [0.15, 0.2) is 18.2 Å². The number of aryl methyl sites for hydroxylation is 1. The summed E-state index contributed by atoms with van der Waals surface area (Å²) in [6.07, 6.45) is 0.290. The average Bonchev–Trinajstić information content (AvgIpc) is 2.57. The van der Waals surface area contributed by atoms with Gasteiger partial charge in [0.05, 0.1) is 19.3 Å². The van der Waals surface area contributed by atoms with E-state index >= 15 is 0 Å². The molecule has 2 heterocycles. The molecule has 22 heavy (non-hydrogen) atoms. The smallest absolute Gasteiger partial charge is 0.227 e. The number of aliphatic hydroxyl groups is 2. The number of nitrogens with zero attached hydrogens (tertiary/aromatic N) is 2. The number of piperazine rings is 1. The van der Waals surface area contributed by atoms with E-state index in [1.165, 1.54) is 5.69 Å². The highest BCUT2D eigenvalue weighted by Gasteiger charge is 2.26. The van der Waals surface area contributed by atoms with Crippen molar-refractivity contribution in [2.45, 2.75) is 18.9 Å². The summed E-state index contributed by atoms with van der Waals surface area (Å²) in [4.78, 5) is 16.1. The molecule has 0 aromatic heterocycles. The lowest BCUT2D eigenvalue weighted by Crippen LogP contribution is -2.44. The largest absolute Gasteiger partial charge is 0.394 e. The minimum Gasteiger partial charge on any atom is -0.394 e. The highest BCUT2D eigenvalue weighted by molar-refractivity contribution is 5.96. The number of anilines is 2. The highest BCUT2D eigenvalue weighted by atomic mass is 16.3. The van der Waals surface area contributed by atoms with E-state index in [9.17, 15) is 9.90 Å². The standard InChI is InChI=1S/C16H23N3O3/c20-11-14(21)10-19-15-3-2-13(18-7-5-17-6-8-18)9-12(15)1-4-16(19)22/h2-3,9,14,17,20-21H,1,4-8,10-11H2. The minimum absolute atomic E-state index is 0.00919. The molecule has 1 fully saturated rings. The molecule has 0 spiro atoms. The number of hydrogen-bond donors (Lipinski definition) is 3. The quantitative estimate of drug-likeness (QED) is 0.714. The van der Waals surface area contributed by atoms with Crippen molar-refractivity contribution in [2.75, 3.05) is 49.1 Å². The van der Waals surface area contributed by atoms with Crippen molar-refractivity contribution < 1.29 is 15.0 Å². The Balaban J connectivity index is 1.83. The molecule has 2 aliphatic heterocycles. The summed E-state index contributed by atoms with van der Waals surface area (Å²) in [7, 11) is 0. The van der Waals surface area contributed by atoms with Gasteiger partial charge in [0, 0.05) is 44.0 Å². The molecule has 120 valence electrons. The molecular formula is C16H23N3O3. The Hall–Kier alpha value is -1.63. The first-order chi connectivity index (χ1) is 10.7. The number of β-amino-alcohol motifs (C(OH)–C–C–N with tert-alkyl or cyclic N) is 1. The molecule has 1 saturated heterocycles. The molecule has 2 aliphatic rings. The van der Waals surface area contributed by atoms with Crippen molar-refractivity contribution in [1.82, 2.24) is 5.32 Å². The van der Waals surface area contributed by atoms with Crippen LogP contribution in [0, 0.1) is 0 Å². The molecule has 6 nitrogen and oxygen atoms in total. The van der Waals surface area contributed by atoms with E-state index in [1.54, 1.807) is 4.90 Å². The summed E-state index contributed by atoms with van der Waals surface area (Å²) in [5.74, 6) is 0.00919. The van der Waals surface area contributed by atoms with Crippen molar-refractivity contribution in [3.63, 3.8) is 0 Å². The van der Waals surface area contributed by atoms with Crippen molar-refractivity contribution in [3.8, 4) is 0 Å². The van der Waals surface area contributed by atoms with Crippen molar-refractivity contribution in [1.29, 1.82) is 0 Å². The van der Waals surface area contributed by atoms with E-state index in [2.05, 4.69) is 16.3 Å². The minimum atomic E-state index is -0.900. The Morgan fingerprint density at radius 1 is 1.23 bits per heavy atom. The first-order valence-corrected chi connectivity index (χ1v) is 7.87. The van der Waals surface area contributed by atoms with E-state index in [0.29, 0.717) is 6.42 Å². The first kappa shape index (κ1) is 15.3. The van der Waals surface area contributed by atoms with E-state index in [0.717, 1.165) is 43.9 Å². The Morgan fingerprint density at radius 3 is 2.73 bits per heavy atom. The summed E-state index contributed by atoms with van der Waals surface area (Å²) in [6, 6.07) is 6.17. The fourth-order valence-electron chi connectivity index (χ4n) is 3.13. The summed E-state index contributed by atoms with van der Waals surface area (Å²) in [5, 5.41) is 22.0. The van der Waals surface area contributed by atoms with Crippen LogP contribution in [0.4, 0.5) is 11.4 Å². The molecule has 0 bridgehead atoms. The highest BCUT2D eigenvalue weighted by Crippen LogP contribution is 2.31. The number of fused-ring (bicyclic) bond motifs is 1. The second-order valence-corrected chi connectivity index (χ2v) is 5.89. The summed E-state index contributed by atoms with van der Waals surface area (Å²) in [6.45, 7) is 3.78. The van der Waals surface area contributed by atoms with Gasteiger partial charge in [-0.3, -0.25) is 4.79 Å². The van der Waals surface area contributed by atoms with Crippen LogP contribution in [0.25, 0.3) is 0 Å². The molecular weight excluding hydrogens is 282 g/mol. The maximum atomic E-state index is 12.1. The zero-order valence-corrected chi connectivity index (χ0v) is 12.7. The van der Waals surface area contributed by atoms with Gasteiger partial charge in [0.25, 0.3) is 0 Å². The second-order valence-electron chi connectivity index (χ2n) is 5.89. The van der Waals surface area contributed by atoms with Crippen molar-refractivity contribution in [3.05, 3.63) is 23.8 Å². The third kappa shape index (κ3) is 3.09. The average molecular weight is 305 g/mol. The molecule has 1 amide bonds. The zero-order chi connectivity index (χ0) is 15.5. The first-order valence-electron chi connectivity index (χ1n) is 7.87. The van der Waals surface area contributed by atoms with Gasteiger partial charge < -0.3 is 25.3 Å². The van der Waals surface area contributed by atoms with Crippen molar-refractivity contribution >= 4 is 17.3 Å². The topological polar surface area (TPSA) is 76.0 Å². The van der Waals surface area contributed by atoms with Gasteiger partial charge in [0.15, 0.2) is 0 Å². The third-order valence-corrected chi connectivity index (χ3v) is 4.35. The number of rotatable bonds is 4. The van der Waals surface area contributed by atoms with Crippen LogP contribution in [-0.2, 0) is 11.2 Å². The molecule has 1 aromatic rings. The maximum Gasteiger partial charge on any atom is 0.227 e. The van der Waals surface area contributed by atoms with Crippen molar-refractivity contribution in [2.24, 2.45) is 0 Å². The van der Waals surface area contributed by atoms with Crippen LogP contribution in [0.3, 0.4) is 0 Å². The van der Waals surface area contributed by atoms with Gasteiger partial charge in [-0.1, -0.05) is 0 Å². The number of nitrogens with one attached hydrogen (secondary N) is 1. The van der Waals surface area contributed by atoms with Gasteiger partial charge in [0.1, 0.15) is 0 Å². The van der Waals surface area contributed by atoms with E-state index < -0.39 is 6.10 Å². The van der Waals surface area contributed by atoms with E-state index in [-0.39, 0.29) is 19.1 Å². The van der Waals surface area contributed by atoms with Crippen LogP contribution in [0.1, 0.15) is 12.0 Å². The van der Waals surface area contributed by atoms with Crippen LogP contribution >= 0.6 is 0 Å². The lowest BCUT2D eigenvalue weighted by molar-refractivity contribution is -0.119. The third-order valence-electron chi connectivity index (χ3n) is 4.35. The molecule has 1 atom stereocenters. The molecule has 1 aromatic carbocycles. The number of carbonyl (C=O) groups is 1. The fourth-order valence-corrected chi connectivity index (χ4v) is 3.13. The van der Waals surface area contributed by atoms with E-state index in [1.807, 2.05) is 12.1 Å². The molecule has 3 rings (SSSR count). The molecule has 0 radical (unpaired) electrons. The van der Waals surface area contributed by atoms with Gasteiger partial charge in [-0.25, -0.2) is 0 Å². The Kier molecular flexibility index (Phi) is 4.61. The Labute approximate surface area is 130 Å². The van der Waals surface area contributed by atoms with Crippen LogP contribution in [0.5, 0.6) is 0 Å². The van der Waals surface area contributed by atoms with Gasteiger partial charge >= 0.3 is 0 Å². The van der Waals surface area contributed by atoms with Crippen LogP contribution in [0.2, 0.25) is 0 Å². The number of hydrogen-bond acceptors (Lipinski definition) is 5. The Bertz CT molecular complexity index is 543. The SMILES string of the molecule is O=C1CCc2cc(N3CCNCC3)ccc2N1CC(O)CO. The molecule has 0 saturated carbocycles. The molecule has 3 N–H and O–H groups in total. The predicted molar refractivity (Wildman–Crippen MR) is 85.3 cm³/mol. The molecule has 1 unspecified atom stereocenters. The second kappa shape index (κ2) is 6.64. The maximum absolute atomic E-state index is 12.1. The van der Waals surface area contributed by atoms with Gasteiger partial charge in [-0.2, -0.15) is 0 Å². The number of carbonyl (C=O) groups excluding carboxylic acids is 1. The monoisotopic (exact) mass is 305 g/mol. The summed E-state index contributed by atoms with van der Waals surface area (Å²) >= 11 is 0. The summed E-state index contributed by atoms with van der Waals surface area (Å²) in [5.41, 5.74) is 3.20. The normalized spacial score (nSPS) is 20.0. The van der Waals surface area contributed by atoms with Crippen LogP contribution in [-0.4, -0.2) is 61.6 Å². The summed E-state index contributed by atoms with van der Waals surface area (Å²) < 4.78 is 0. The van der Waals surface area contributed by atoms with Gasteiger partial charge in [-0.15, -0.1) is 0 Å². The van der Waals surface area contributed by atoms with E-state index in [4.69, 9.17) is 5.11 Å². The Morgan fingerprint density at radius 2 is 2.00 bits per heavy atom. The predicted octanol–water partition coefficient (Wildman–Crippen LogP) is -0.271. The number of aliphatic hydroxyl groups excluding tert-OH is 2. The number of amides is 1. The lowest BCUT2D eigenvalue weighted by Gasteiger charge is -2.33. The van der Waals surface area contributed by atoms with Gasteiger partial charge in [-0.05, 0) is 30.2 Å². The number of benzene rings is 1. The lowest BCUT2D eigenvalue weighted by atomic mass is 9.99. The molecule has 6 heteroatoms.